The van der Waals surface area contributed by atoms with Crippen molar-refractivity contribution in [3.05, 3.63) is 28.2 Å². The molecule has 0 radical (unpaired) electrons. The molecule has 0 aliphatic rings. The Hall–Kier alpha value is -1.23. The van der Waals surface area contributed by atoms with Gasteiger partial charge in [0.15, 0.2) is 0 Å². The van der Waals surface area contributed by atoms with Gasteiger partial charge in [-0.05, 0) is 56.6 Å². The van der Waals surface area contributed by atoms with E-state index >= 15 is 0 Å². The highest BCUT2D eigenvalue weighted by molar-refractivity contribution is 9.10. The van der Waals surface area contributed by atoms with E-state index in [-0.39, 0.29) is 6.10 Å². The minimum Gasteiger partial charge on any atom is -0.489 e. The molecule has 0 unspecified atom stereocenters. The molecule has 0 atom stereocenters. The average Bonchev–Trinajstić information content (AvgIpc) is 2.27. The molecule has 1 aromatic rings. The lowest BCUT2D eigenvalue weighted by atomic mass is 10.2. The van der Waals surface area contributed by atoms with Gasteiger partial charge in [-0.25, -0.2) is 4.79 Å². The molecule has 4 nitrogen and oxygen atoms in total. The number of alkyl carbamates (subject to hydrolysis) is 1. The van der Waals surface area contributed by atoms with Crippen molar-refractivity contribution in [1.29, 1.82) is 0 Å². The molecule has 0 aromatic heterocycles. The third-order valence-electron chi connectivity index (χ3n) is 2.22. The van der Waals surface area contributed by atoms with Crippen LogP contribution in [-0.4, -0.2) is 17.8 Å². The Kier molecular flexibility index (Phi) is 5.87. The summed E-state index contributed by atoms with van der Waals surface area (Å²) in [6, 6.07) is 5.73. The number of carbonyl (C=O) groups excluding carboxylic acids is 1. The van der Waals surface area contributed by atoms with Crippen LogP contribution in [0.15, 0.2) is 22.7 Å². The molecular formula is C15H22BrNO3. The van der Waals surface area contributed by atoms with Crippen molar-refractivity contribution in [3.63, 3.8) is 0 Å². The van der Waals surface area contributed by atoms with E-state index in [9.17, 15) is 4.79 Å². The maximum absolute atomic E-state index is 11.7. The third kappa shape index (κ3) is 5.82. The highest BCUT2D eigenvalue weighted by Gasteiger charge is 2.17. The lowest BCUT2D eigenvalue weighted by Crippen LogP contribution is -2.32. The monoisotopic (exact) mass is 343 g/mol. The minimum atomic E-state index is -0.501. The molecule has 1 aromatic carbocycles. The molecule has 0 spiro atoms. The SMILES string of the molecule is CC(C)Oc1c(Br)cccc1CNC(=O)OC(C)(C)C. The Morgan fingerprint density at radius 2 is 2.00 bits per heavy atom. The maximum atomic E-state index is 11.7. The largest absolute Gasteiger partial charge is 0.489 e. The van der Waals surface area contributed by atoms with Crippen LogP contribution in [0.3, 0.4) is 0 Å². The Bertz CT molecular complexity index is 467. The molecular weight excluding hydrogens is 322 g/mol. The number of carbonyl (C=O) groups is 1. The Morgan fingerprint density at radius 3 is 2.55 bits per heavy atom. The van der Waals surface area contributed by atoms with Crippen molar-refractivity contribution in [2.75, 3.05) is 0 Å². The van der Waals surface area contributed by atoms with Crippen molar-refractivity contribution in [2.45, 2.75) is 52.9 Å². The van der Waals surface area contributed by atoms with Crippen molar-refractivity contribution in [2.24, 2.45) is 0 Å². The summed E-state index contributed by atoms with van der Waals surface area (Å²) in [5, 5.41) is 2.73. The van der Waals surface area contributed by atoms with Gasteiger partial charge in [0, 0.05) is 12.1 Å². The first-order valence-corrected chi connectivity index (χ1v) is 7.39. The van der Waals surface area contributed by atoms with E-state index in [0.29, 0.717) is 6.54 Å². The second kappa shape index (κ2) is 6.97. The molecule has 5 heteroatoms. The molecule has 0 saturated heterocycles. The summed E-state index contributed by atoms with van der Waals surface area (Å²) in [5.74, 6) is 0.749. The van der Waals surface area contributed by atoms with Crippen LogP contribution in [0.5, 0.6) is 5.75 Å². The average molecular weight is 344 g/mol. The summed E-state index contributed by atoms with van der Waals surface area (Å²) in [4.78, 5) is 11.7. The fourth-order valence-corrected chi connectivity index (χ4v) is 2.04. The summed E-state index contributed by atoms with van der Waals surface area (Å²) < 4.78 is 11.8. The van der Waals surface area contributed by atoms with Crippen molar-refractivity contribution >= 4 is 22.0 Å². The molecule has 20 heavy (non-hydrogen) atoms. The zero-order valence-corrected chi connectivity index (χ0v) is 14.2. The number of benzene rings is 1. The Morgan fingerprint density at radius 1 is 1.35 bits per heavy atom. The van der Waals surface area contributed by atoms with Gasteiger partial charge in [-0.15, -0.1) is 0 Å². The van der Waals surface area contributed by atoms with Gasteiger partial charge in [-0.3, -0.25) is 0 Å². The summed E-state index contributed by atoms with van der Waals surface area (Å²) in [6.45, 7) is 9.78. The Balaban J connectivity index is 2.73. The number of hydrogen-bond acceptors (Lipinski definition) is 3. The first-order valence-electron chi connectivity index (χ1n) is 6.60. The Labute approximate surface area is 129 Å². The van der Waals surface area contributed by atoms with E-state index in [1.54, 1.807) is 0 Å². The van der Waals surface area contributed by atoms with Gasteiger partial charge >= 0.3 is 6.09 Å². The van der Waals surface area contributed by atoms with Gasteiger partial charge in [-0.2, -0.15) is 0 Å². The summed E-state index contributed by atoms with van der Waals surface area (Å²) >= 11 is 3.46. The second-order valence-corrected chi connectivity index (χ2v) is 6.60. The third-order valence-corrected chi connectivity index (χ3v) is 2.85. The van der Waals surface area contributed by atoms with E-state index in [1.807, 2.05) is 52.8 Å². The number of amides is 1. The fraction of sp³-hybridized carbons (Fsp3) is 0.533. The highest BCUT2D eigenvalue weighted by Crippen LogP contribution is 2.30. The van der Waals surface area contributed by atoms with E-state index in [0.717, 1.165) is 15.8 Å². The molecule has 0 saturated carbocycles. The quantitative estimate of drug-likeness (QED) is 0.888. The molecule has 0 fully saturated rings. The summed E-state index contributed by atoms with van der Waals surface area (Å²) in [5.41, 5.74) is 0.400. The van der Waals surface area contributed by atoms with Gasteiger partial charge < -0.3 is 14.8 Å². The summed E-state index contributed by atoms with van der Waals surface area (Å²) in [6.07, 6.45) is -0.373. The molecule has 112 valence electrons. The predicted octanol–water partition coefficient (Wildman–Crippen LogP) is 4.26. The van der Waals surface area contributed by atoms with Crippen LogP contribution in [0.1, 0.15) is 40.2 Å². The lowest BCUT2D eigenvalue weighted by Gasteiger charge is -2.20. The van der Waals surface area contributed by atoms with Gasteiger partial charge in [0.25, 0.3) is 0 Å². The smallest absolute Gasteiger partial charge is 0.407 e. The van der Waals surface area contributed by atoms with Crippen LogP contribution in [0, 0.1) is 0 Å². The van der Waals surface area contributed by atoms with Crippen LogP contribution >= 0.6 is 15.9 Å². The van der Waals surface area contributed by atoms with E-state index < -0.39 is 11.7 Å². The number of rotatable bonds is 4. The standard InChI is InChI=1S/C15H22BrNO3/c1-10(2)19-13-11(7-6-8-12(13)16)9-17-14(18)20-15(3,4)5/h6-8,10H,9H2,1-5H3,(H,17,18). The lowest BCUT2D eigenvalue weighted by molar-refractivity contribution is 0.0523. The zero-order chi connectivity index (χ0) is 15.3. The fourth-order valence-electron chi connectivity index (χ4n) is 1.54. The molecule has 1 N–H and O–H groups in total. The number of para-hydroxylation sites is 1. The number of halogens is 1. The van der Waals surface area contributed by atoms with E-state index in [2.05, 4.69) is 21.2 Å². The van der Waals surface area contributed by atoms with E-state index in [4.69, 9.17) is 9.47 Å². The van der Waals surface area contributed by atoms with Crippen LogP contribution in [-0.2, 0) is 11.3 Å². The maximum Gasteiger partial charge on any atom is 0.407 e. The topological polar surface area (TPSA) is 47.6 Å². The first kappa shape index (κ1) is 16.8. The minimum absolute atomic E-state index is 0.0639. The number of nitrogens with one attached hydrogen (secondary N) is 1. The van der Waals surface area contributed by atoms with Crippen molar-refractivity contribution in [1.82, 2.24) is 5.32 Å². The van der Waals surface area contributed by atoms with Crippen LogP contribution in [0.25, 0.3) is 0 Å². The molecule has 1 rings (SSSR count). The van der Waals surface area contributed by atoms with Crippen molar-refractivity contribution in [3.8, 4) is 5.75 Å². The molecule has 0 heterocycles. The normalized spacial score (nSPS) is 11.3. The molecule has 0 aliphatic carbocycles. The van der Waals surface area contributed by atoms with E-state index in [1.165, 1.54) is 0 Å². The number of hydrogen-bond donors (Lipinski definition) is 1. The molecule has 0 bridgehead atoms. The molecule has 0 aliphatic heterocycles. The predicted molar refractivity (Wildman–Crippen MR) is 83.0 cm³/mol. The van der Waals surface area contributed by atoms with Gasteiger partial charge in [-0.1, -0.05) is 12.1 Å². The van der Waals surface area contributed by atoms with Gasteiger partial charge in [0.05, 0.1) is 10.6 Å². The van der Waals surface area contributed by atoms with Gasteiger partial charge in [0.1, 0.15) is 11.4 Å². The second-order valence-electron chi connectivity index (χ2n) is 5.75. The van der Waals surface area contributed by atoms with Crippen LogP contribution in [0.2, 0.25) is 0 Å². The highest BCUT2D eigenvalue weighted by atomic mass is 79.9. The first-order chi connectivity index (χ1) is 9.19. The number of ether oxygens (including phenoxy) is 2. The van der Waals surface area contributed by atoms with Crippen molar-refractivity contribution < 1.29 is 14.3 Å². The molecule has 1 amide bonds. The van der Waals surface area contributed by atoms with Crippen LogP contribution < -0.4 is 10.1 Å². The van der Waals surface area contributed by atoms with Gasteiger partial charge in [0.2, 0.25) is 0 Å². The van der Waals surface area contributed by atoms with Crippen LogP contribution in [0.4, 0.5) is 4.79 Å². The zero-order valence-electron chi connectivity index (χ0n) is 12.6. The summed E-state index contributed by atoms with van der Waals surface area (Å²) in [7, 11) is 0.